The van der Waals surface area contributed by atoms with Crippen LogP contribution in [0.2, 0.25) is 0 Å². The molecule has 0 spiro atoms. The van der Waals surface area contributed by atoms with Gasteiger partial charge in [-0.3, -0.25) is 10.0 Å². The largest absolute Gasteiger partial charge is 0.492 e. The highest BCUT2D eigenvalue weighted by atomic mass is 16.5. The summed E-state index contributed by atoms with van der Waals surface area (Å²) in [6.45, 7) is 1.74. The Balaban J connectivity index is 2.26. The summed E-state index contributed by atoms with van der Waals surface area (Å²) in [6.07, 6.45) is 0. The standard InChI is InChI=1S/C10H13NO3/c1-9(12)11(13)7-8-14-10-5-3-2-4-6-10/h2-6,13H,7-8H2,1H3. The van der Waals surface area contributed by atoms with E-state index in [1.54, 1.807) is 0 Å². The molecule has 4 heteroatoms. The average Bonchev–Trinajstić information content (AvgIpc) is 2.19. The maximum absolute atomic E-state index is 10.6. The van der Waals surface area contributed by atoms with Gasteiger partial charge in [0.15, 0.2) is 0 Å². The molecular formula is C10H13NO3. The quantitative estimate of drug-likeness (QED) is 0.582. The maximum Gasteiger partial charge on any atom is 0.242 e. The van der Waals surface area contributed by atoms with Crippen molar-refractivity contribution in [1.29, 1.82) is 0 Å². The van der Waals surface area contributed by atoms with Gasteiger partial charge < -0.3 is 4.74 Å². The van der Waals surface area contributed by atoms with Crippen molar-refractivity contribution < 1.29 is 14.7 Å². The van der Waals surface area contributed by atoms with Gasteiger partial charge in [-0.15, -0.1) is 0 Å². The minimum absolute atomic E-state index is 0.171. The van der Waals surface area contributed by atoms with Crippen molar-refractivity contribution in [3.8, 4) is 5.75 Å². The van der Waals surface area contributed by atoms with E-state index in [4.69, 9.17) is 9.94 Å². The molecular weight excluding hydrogens is 182 g/mol. The van der Waals surface area contributed by atoms with Crippen molar-refractivity contribution in [2.45, 2.75) is 6.92 Å². The summed E-state index contributed by atoms with van der Waals surface area (Å²) in [4.78, 5) is 10.6. The Hall–Kier alpha value is -1.55. The molecule has 0 saturated heterocycles. The lowest BCUT2D eigenvalue weighted by atomic mass is 10.3. The molecule has 0 saturated carbocycles. The number of carbonyl (C=O) groups is 1. The number of nitrogens with zero attached hydrogens (tertiary/aromatic N) is 1. The van der Waals surface area contributed by atoms with E-state index in [1.165, 1.54) is 6.92 Å². The van der Waals surface area contributed by atoms with Crippen molar-refractivity contribution >= 4 is 5.91 Å². The Kier molecular flexibility index (Phi) is 3.94. The molecule has 0 atom stereocenters. The third-order valence-electron chi connectivity index (χ3n) is 1.68. The summed E-state index contributed by atoms with van der Waals surface area (Å²) in [5.74, 6) is 0.339. The normalized spacial score (nSPS) is 9.57. The van der Waals surface area contributed by atoms with Crippen LogP contribution in [-0.4, -0.2) is 29.3 Å². The zero-order valence-corrected chi connectivity index (χ0v) is 8.01. The van der Waals surface area contributed by atoms with Gasteiger partial charge in [0.1, 0.15) is 12.4 Å². The van der Waals surface area contributed by atoms with Crippen LogP contribution in [0, 0.1) is 0 Å². The fraction of sp³-hybridized carbons (Fsp3) is 0.300. The lowest BCUT2D eigenvalue weighted by Crippen LogP contribution is -2.29. The second kappa shape index (κ2) is 5.24. The molecule has 0 radical (unpaired) electrons. The van der Waals surface area contributed by atoms with Gasteiger partial charge in [0.2, 0.25) is 5.91 Å². The number of para-hydroxylation sites is 1. The van der Waals surface area contributed by atoms with Crippen LogP contribution in [-0.2, 0) is 4.79 Å². The van der Waals surface area contributed by atoms with Gasteiger partial charge >= 0.3 is 0 Å². The average molecular weight is 195 g/mol. The zero-order chi connectivity index (χ0) is 10.4. The highest BCUT2D eigenvalue weighted by Gasteiger charge is 2.03. The predicted octanol–water partition coefficient (Wildman–Crippen LogP) is 1.30. The molecule has 0 aliphatic rings. The van der Waals surface area contributed by atoms with E-state index in [1.807, 2.05) is 30.3 Å². The monoisotopic (exact) mass is 195 g/mol. The van der Waals surface area contributed by atoms with Crippen LogP contribution >= 0.6 is 0 Å². The summed E-state index contributed by atoms with van der Waals surface area (Å²) in [6, 6.07) is 9.24. The lowest BCUT2D eigenvalue weighted by molar-refractivity contribution is -0.163. The molecule has 0 aromatic heterocycles. The van der Waals surface area contributed by atoms with Crippen molar-refractivity contribution in [3.63, 3.8) is 0 Å². The van der Waals surface area contributed by atoms with Gasteiger partial charge in [-0.25, -0.2) is 5.06 Å². The smallest absolute Gasteiger partial charge is 0.242 e. The molecule has 14 heavy (non-hydrogen) atoms. The minimum Gasteiger partial charge on any atom is -0.492 e. The van der Waals surface area contributed by atoms with Crippen LogP contribution in [0.3, 0.4) is 0 Å². The summed E-state index contributed by atoms with van der Waals surface area (Å²) < 4.78 is 5.27. The highest BCUT2D eigenvalue weighted by molar-refractivity contribution is 5.71. The molecule has 0 heterocycles. The van der Waals surface area contributed by atoms with E-state index >= 15 is 0 Å². The maximum atomic E-state index is 10.6. The molecule has 0 fully saturated rings. The molecule has 1 aromatic carbocycles. The molecule has 0 unspecified atom stereocenters. The first-order valence-corrected chi connectivity index (χ1v) is 4.35. The van der Waals surface area contributed by atoms with E-state index in [-0.39, 0.29) is 19.1 Å². The molecule has 0 aliphatic heterocycles. The topological polar surface area (TPSA) is 49.8 Å². The minimum atomic E-state index is -0.387. The Labute approximate surface area is 82.7 Å². The van der Waals surface area contributed by atoms with Crippen LogP contribution in [0.1, 0.15) is 6.92 Å². The molecule has 1 rings (SSSR count). The number of benzene rings is 1. The van der Waals surface area contributed by atoms with Crippen molar-refractivity contribution in [2.24, 2.45) is 0 Å². The van der Waals surface area contributed by atoms with Gasteiger partial charge in [0, 0.05) is 6.92 Å². The highest BCUT2D eigenvalue weighted by Crippen LogP contribution is 2.07. The third kappa shape index (κ3) is 3.45. The number of hydrogen-bond donors (Lipinski definition) is 1. The first kappa shape index (κ1) is 10.5. The van der Waals surface area contributed by atoms with Gasteiger partial charge in [0.25, 0.3) is 0 Å². The summed E-state index contributed by atoms with van der Waals surface area (Å²) in [5.41, 5.74) is 0. The van der Waals surface area contributed by atoms with Gasteiger partial charge in [-0.2, -0.15) is 0 Å². The van der Waals surface area contributed by atoms with Crippen molar-refractivity contribution in [1.82, 2.24) is 5.06 Å². The van der Waals surface area contributed by atoms with Gasteiger partial charge in [0.05, 0.1) is 6.54 Å². The third-order valence-corrected chi connectivity index (χ3v) is 1.68. The molecule has 1 N–H and O–H groups in total. The van der Waals surface area contributed by atoms with E-state index in [0.29, 0.717) is 5.06 Å². The number of ether oxygens (including phenoxy) is 1. The number of amides is 1. The molecule has 1 amide bonds. The first-order chi connectivity index (χ1) is 6.70. The number of carbonyl (C=O) groups excluding carboxylic acids is 1. The molecule has 0 aliphatic carbocycles. The van der Waals surface area contributed by atoms with Crippen LogP contribution in [0.15, 0.2) is 30.3 Å². The van der Waals surface area contributed by atoms with E-state index in [9.17, 15) is 4.79 Å². The molecule has 0 bridgehead atoms. The first-order valence-electron chi connectivity index (χ1n) is 4.35. The van der Waals surface area contributed by atoms with Crippen LogP contribution in [0.4, 0.5) is 0 Å². The second-order valence-corrected chi connectivity index (χ2v) is 2.80. The van der Waals surface area contributed by atoms with Gasteiger partial charge in [-0.1, -0.05) is 18.2 Å². The van der Waals surface area contributed by atoms with Gasteiger partial charge in [-0.05, 0) is 12.1 Å². The Morgan fingerprint density at radius 2 is 2.07 bits per heavy atom. The van der Waals surface area contributed by atoms with Crippen molar-refractivity contribution in [3.05, 3.63) is 30.3 Å². The summed E-state index contributed by atoms with van der Waals surface area (Å²) in [7, 11) is 0. The fourth-order valence-electron chi connectivity index (χ4n) is 0.924. The van der Waals surface area contributed by atoms with E-state index in [0.717, 1.165) is 5.75 Å². The van der Waals surface area contributed by atoms with E-state index in [2.05, 4.69) is 0 Å². The number of hydrogen-bond acceptors (Lipinski definition) is 3. The Bertz CT molecular complexity index is 287. The molecule has 76 valence electrons. The number of hydroxylamine groups is 2. The van der Waals surface area contributed by atoms with Crippen molar-refractivity contribution in [2.75, 3.05) is 13.2 Å². The van der Waals surface area contributed by atoms with Crippen LogP contribution < -0.4 is 4.74 Å². The van der Waals surface area contributed by atoms with Crippen LogP contribution in [0.25, 0.3) is 0 Å². The van der Waals surface area contributed by atoms with Crippen LogP contribution in [0.5, 0.6) is 5.75 Å². The Morgan fingerprint density at radius 1 is 1.43 bits per heavy atom. The summed E-state index contributed by atoms with van der Waals surface area (Å²) in [5, 5.41) is 9.64. The predicted molar refractivity (Wildman–Crippen MR) is 51.1 cm³/mol. The zero-order valence-electron chi connectivity index (χ0n) is 8.01. The number of rotatable bonds is 4. The lowest BCUT2D eigenvalue weighted by Gasteiger charge is -2.12. The SMILES string of the molecule is CC(=O)N(O)CCOc1ccccc1. The molecule has 1 aromatic rings. The summed E-state index contributed by atoms with van der Waals surface area (Å²) >= 11 is 0. The fourth-order valence-corrected chi connectivity index (χ4v) is 0.924. The van der Waals surface area contributed by atoms with E-state index < -0.39 is 0 Å². The second-order valence-electron chi connectivity index (χ2n) is 2.80. The Morgan fingerprint density at radius 3 is 2.64 bits per heavy atom. The molecule has 4 nitrogen and oxygen atoms in total.